The molecule has 8 heteroatoms. The highest BCUT2D eigenvalue weighted by Crippen LogP contribution is 2.29. The SMILES string of the molecule is COc1cccc(OCCCn2cc(/C=C3/C(=N)N4C=CSC4=NC3=O)c3ccccc32)c1. The van der Waals surface area contributed by atoms with Crippen molar-refractivity contribution >= 4 is 45.7 Å². The molecule has 0 spiro atoms. The van der Waals surface area contributed by atoms with Gasteiger partial charge >= 0.3 is 0 Å². The maximum atomic E-state index is 12.6. The topological polar surface area (TPSA) is 79.9 Å². The number of methoxy groups -OCH3 is 1. The Labute approximate surface area is 195 Å². The first-order valence-electron chi connectivity index (χ1n) is 10.5. The van der Waals surface area contributed by atoms with Gasteiger partial charge in [-0.3, -0.25) is 15.1 Å². The number of rotatable bonds is 7. The van der Waals surface area contributed by atoms with Gasteiger partial charge in [0.25, 0.3) is 5.91 Å². The Morgan fingerprint density at radius 1 is 1.15 bits per heavy atom. The van der Waals surface area contributed by atoms with E-state index in [4.69, 9.17) is 14.9 Å². The summed E-state index contributed by atoms with van der Waals surface area (Å²) in [6, 6.07) is 15.6. The van der Waals surface area contributed by atoms with Crippen LogP contribution >= 0.6 is 11.8 Å². The summed E-state index contributed by atoms with van der Waals surface area (Å²) in [5.41, 5.74) is 2.25. The van der Waals surface area contributed by atoms with Crippen molar-refractivity contribution in [2.45, 2.75) is 13.0 Å². The number of fused-ring (bicyclic) bond motifs is 2. The quantitative estimate of drug-likeness (QED) is 0.403. The van der Waals surface area contributed by atoms with Crippen LogP contribution in [-0.2, 0) is 11.3 Å². The first kappa shape index (κ1) is 21.1. The normalized spacial score (nSPS) is 16.5. The van der Waals surface area contributed by atoms with Gasteiger partial charge in [0.2, 0.25) is 0 Å². The summed E-state index contributed by atoms with van der Waals surface area (Å²) < 4.78 is 13.3. The lowest BCUT2D eigenvalue weighted by Crippen LogP contribution is -2.35. The number of aromatic nitrogens is 1. The second-order valence-corrected chi connectivity index (χ2v) is 8.43. The van der Waals surface area contributed by atoms with Gasteiger partial charge in [0.1, 0.15) is 17.3 Å². The summed E-state index contributed by atoms with van der Waals surface area (Å²) in [6.07, 6.45) is 6.37. The Kier molecular flexibility index (Phi) is 5.75. The predicted molar refractivity (Wildman–Crippen MR) is 132 cm³/mol. The van der Waals surface area contributed by atoms with Crippen molar-refractivity contribution in [1.29, 1.82) is 5.41 Å². The van der Waals surface area contributed by atoms with Gasteiger partial charge in [0, 0.05) is 41.5 Å². The van der Waals surface area contributed by atoms with Crippen LogP contribution in [0.15, 0.2) is 76.9 Å². The number of ether oxygens (including phenoxy) is 2. The molecule has 2 aliphatic rings. The molecular weight excluding hydrogens is 436 g/mol. The van der Waals surface area contributed by atoms with Gasteiger partial charge in [-0.15, -0.1) is 0 Å². The van der Waals surface area contributed by atoms with E-state index in [1.807, 2.05) is 54.1 Å². The molecule has 0 fully saturated rings. The van der Waals surface area contributed by atoms with E-state index in [1.165, 1.54) is 11.8 Å². The van der Waals surface area contributed by atoms with Crippen molar-refractivity contribution in [3.05, 3.63) is 77.5 Å². The summed E-state index contributed by atoms with van der Waals surface area (Å²) >= 11 is 1.34. The van der Waals surface area contributed by atoms with Crippen LogP contribution in [0.5, 0.6) is 11.5 Å². The number of aliphatic imine (C=N–C) groups is 1. The van der Waals surface area contributed by atoms with Crippen molar-refractivity contribution in [1.82, 2.24) is 9.47 Å². The van der Waals surface area contributed by atoms with Crippen LogP contribution in [0.4, 0.5) is 0 Å². The number of hydrogen-bond acceptors (Lipinski definition) is 5. The molecule has 0 aliphatic carbocycles. The molecule has 0 saturated heterocycles. The third kappa shape index (κ3) is 4.17. The van der Waals surface area contributed by atoms with E-state index in [2.05, 4.69) is 15.6 Å². The minimum Gasteiger partial charge on any atom is -0.497 e. The van der Waals surface area contributed by atoms with E-state index in [0.29, 0.717) is 11.8 Å². The zero-order valence-corrected chi connectivity index (χ0v) is 18.8. The molecule has 1 N–H and O–H groups in total. The Balaban J connectivity index is 1.35. The van der Waals surface area contributed by atoms with Gasteiger partial charge in [-0.05, 0) is 36.1 Å². The molecule has 166 valence electrons. The van der Waals surface area contributed by atoms with Crippen molar-refractivity contribution in [2.24, 2.45) is 4.99 Å². The number of para-hydroxylation sites is 1. The molecule has 0 saturated carbocycles. The van der Waals surface area contributed by atoms with Gasteiger partial charge < -0.3 is 14.0 Å². The van der Waals surface area contributed by atoms with Crippen LogP contribution in [-0.4, -0.2) is 40.1 Å². The van der Waals surface area contributed by atoms with Crippen LogP contribution < -0.4 is 9.47 Å². The highest BCUT2D eigenvalue weighted by atomic mass is 32.2. The average Bonchev–Trinajstić information content (AvgIpc) is 3.44. The first-order valence-corrected chi connectivity index (χ1v) is 11.4. The van der Waals surface area contributed by atoms with Gasteiger partial charge in [0.05, 0.1) is 19.3 Å². The Morgan fingerprint density at radius 2 is 2.00 bits per heavy atom. The highest BCUT2D eigenvalue weighted by molar-refractivity contribution is 8.16. The van der Waals surface area contributed by atoms with E-state index in [9.17, 15) is 4.79 Å². The van der Waals surface area contributed by atoms with Gasteiger partial charge in [-0.25, -0.2) is 0 Å². The van der Waals surface area contributed by atoms with Crippen molar-refractivity contribution in [3.63, 3.8) is 0 Å². The van der Waals surface area contributed by atoms with Crippen LogP contribution in [0.1, 0.15) is 12.0 Å². The van der Waals surface area contributed by atoms with Gasteiger partial charge in [-0.2, -0.15) is 4.99 Å². The molecule has 0 atom stereocenters. The molecule has 7 nitrogen and oxygen atoms in total. The molecule has 2 aliphatic heterocycles. The number of hydrogen-bond donors (Lipinski definition) is 1. The summed E-state index contributed by atoms with van der Waals surface area (Å²) in [6.45, 7) is 1.32. The summed E-state index contributed by atoms with van der Waals surface area (Å²) in [4.78, 5) is 18.3. The van der Waals surface area contributed by atoms with Gasteiger partial charge in [-0.1, -0.05) is 36.0 Å². The minimum absolute atomic E-state index is 0.148. The van der Waals surface area contributed by atoms with Gasteiger partial charge in [0.15, 0.2) is 5.17 Å². The standard InChI is InChI=1S/C25H22N4O3S/c1-31-18-6-4-7-19(15-18)32-12-5-10-28-16-17(20-8-2-3-9-22(20)28)14-21-23(26)29-11-13-33-25(29)27-24(21)30/h2-4,6-9,11,13-16,26H,5,10,12H2,1H3/b21-14-,26-23?. The maximum absolute atomic E-state index is 12.6. The molecule has 3 heterocycles. The number of thioether (sulfide) groups is 1. The molecular formula is C25H22N4O3S. The minimum atomic E-state index is -0.383. The Hall–Kier alpha value is -3.78. The van der Waals surface area contributed by atoms with E-state index >= 15 is 0 Å². The third-order valence-corrected chi connectivity index (χ3v) is 6.24. The molecule has 3 aromatic rings. The number of benzene rings is 2. The molecule has 0 radical (unpaired) electrons. The fraction of sp³-hybridized carbons (Fsp3) is 0.160. The third-order valence-electron chi connectivity index (χ3n) is 5.49. The lowest BCUT2D eigenvalue weighted by molar-refractivity contribution is -0.114. The second kappa shape index (κ2) is 8.99. The molecule has 0 unspecified atom stereocenters. The fourth-order valence-electron chi connectivity index (χ4n) is 3.88. The number of nitrogens with one attached hydrogen (secondary N) is 1. The molecule has 33 heavy (non-hydrogen) atoms. The lowest BCUT2D eigenvalue weighted by Gasteiger charge is -2.22. The van der Waals surface area contributed by atoms with E-state index in [1.54, 1.807) is 24.3 Å². The van der Waals surface area contributed by atoms with E-state index in [-0.39, 0.29) is 17.3 Å². The summed E-state index contributed by atoms with van der Waals surface area (Å²) in [5, 5.41) is 11.9. The summed E-state index contributed by atoms with van der Waals surface area (Å²) in [5.74, 6) is 1.31. The van der Waals surface area contributed by atoms with Crippen molar-refractivity contribution in [2.75, 3.05) is 13.7 Å². The monoisotopic (exact) mass is 458 g/mol. The smallest absolute Gasteiger partial charge is 0.283 e. The van der Waals surface area contributed by atoms with E-state index < -0.39 is 0 Å². The van der Waals surface area contributed by atoms with E-state index in [0.717, 1.165) is 40.9 Å². The predicted octanol–water partition coefficient (Wildman–Crippen LogP) is 4.90. The number of amidine groups is 2. The summed E-state index contributed by atoms with van der Waals surface area (Å²) in [7, 11) is 1.64. The zero-order chi connectivity index (χ0) is 22.8. The molecule has 0 bridgehead atoms. The van der Waals surface area contributed by atoms with Crippen LogP contribution in [0.3, 0.4) is 0 Å². The number of carbonyl (C=O) groups excluding carboxylic acids is 1. The number of nitrogens with zero attached hydrogens (tertiary/aromatic N) is 3. The average molecular weight is 459 g/mol. The molecule has 2 aromatic carbocycles. The second-order valence-electron chi connectivity index (χ2n) is 7.56. The Bertz CT molecular complexity index is 1340. The maximum Gasteiger partial charge on any atom is 0.283 e. The Morgan fingerprint density at radius 3 is 2.88 bits per heavy atom. The van der Waals surface area contributed by atoms with Crippen molar-refractivity contribution in [3.8, 4) is 11.5 Å². The highest BCUT2D eigenvalue weighted by Gasteiger charge is 2.31. The number of aryl methyl sites for hydroxylation is 1. The zero-order valence-electron chi connectivity index (χ0n) is 18.0. The van der Waals surface area contributed by atoms with Crippen LogP contribution in [0.25, 0.3) is 17.0 Å². The van der Waals surface area contributed by atoms with Crippen LogP contribution in [0.2, 0.25) is 0 Å². The largest absolute Gasteiger partial charge is 0.497 e. The molecule has 5 rings (SSSR count). The number of amides is 1. The fourth-order valence-corrected chi connectivity index (χ4v) is 4.58. The first-order chi connectivity index (χ1) is 16.1. The number of carbonyl (C=O) groups is 1. The van der Waals surface area contributed by atoms with Crippen molar-refractivity contribution < 1.29 is 14.3 Å². The molecule has 1 amide bonds. The molecule has 1 aromatic heterocycles. The van der Waals surface area contributed by atoms with Crippen LogP contribution in [0, 0.1) is 5.41 Å². The lowest BCUT2D eigenvalue weighted by atomic mass is 10.1.